The number of rotatable bonds is 2. The van der Waals surface area contributed by atoms with Crippen LogP contribution >= 0.6 is 27.3 Å². The summed E-state index contributed by atoms with van der Waals surface area (Å²) in [4.78, 5) is 16.0. The number of aromatic hydroxyl groups is 1. The number of pyridine rings is 1. The number of aromatic nitrogens is 1. The van der Waals surface area contributed by atoms with Crippen molar-refractivity contribution < 1.29 is 5.11 Å². The zero-order valence-corrected chi connectivity index (χ0v) is 14.8. The third-order valence-corrected chi connectivity index (χ3v) is 5.31. The van der Waals surface area contributed by atoms with Crippen LogP contribution in [0.3, 0.4) is 0 Å². The summed E-state index contributed by atoms with van der Waals surface area (Å²) in [5.74, 6) is 0.0242. The van der Waals surface area contributed by atoms with Crippen LogP contribution in [0.5, 0.6) is 5.75 Å². The summed E-state index contributed by atoms with van der Waals surface area (Å²) in [7, 11) is 0. The number of halogens is 1. The molecule has 0 amide bonds. The molecule has 0 saturated carbocycles. The van der Waals surface area contributed by atoms with Gasteiger partial charge in [0.1, 0.15) is 10.6 Å². The number of hydrogen-bond donors (Lipinski definition) is 2. The fourth-order valence-corrected chi connectivity index (χ4v) is 4.19. The van der Waals surface area contributed by atoms with Crippen LogP contribution in [0, 0.1) is 0 Å². The van der Waals surface area contributed by atoms with E-state index >= 15 is 0 Å². The van der Waals surface area contributed by atoms with Gasteiger partial charge in [-0.2, -0.15) is 0 Å². The molecule has 4 rings (SSSR count). The van der Waals surface area contributed by atoms with E-state index in [9.17, 15) is 9.90 Å². The Labute approximate surface area is 150 Å². The minimum Gasteiger partial charge on any atom is -0.506 e. The maximum absolute atomic E-state index is 12.4. The summed E-state index contributed by atoms with van der Waals surface area (Å²) in [6.07, 6.45) is 0. The van der Waals surface area contributed by atoms with Crippen molar-refractivity contribution in [3.05, 3.63) is 74.8 Å². The molecule has 24 heavy (non-hydrogen) atoms. The third kappa shape index (κ3) is 2.46. The average Bonchev–Trinajstić information content (AvgIpc) is 3.00. The van der Waals surface area contributed by atoms with Gasteiger partial charge in [-0.3, -0.25) is 4.79 Å². The van der Waals surface area contributed by atoms with Gasteiger partial charge in [-0.1, -0.05) is 58.4 Å². The second-order valence-electron chi connectivity index (χ2n) is 5.41. The molecule has 0 unspecified atom stereocenters. The van der Waals surface area contributed by atoms with Crippen molar-refractivity contribution in [3.8, 4) is 28.0 Å². The smallest absolute Gasteiger partial charge is 0.260 e. The lowest BCUT2D eigenvalue weighted by Crippen LogP contribution is -2.08. The summed E-state index contributed by atoms with van der Waals surface area (Å²) in [6, 6.07) is 17.1. The van der Waals surface area contributed by atoms with E-state index in [0.29, 0.717) is 21.3 Å². The standard InChI is InChI=1S/C19H12BrNO2S/c20-13-8-4-7-12(9-13)14-10-24-19-16(14)17(22)15(18(23)21-19)11-5-2-1-3-6-11/h1-10H,(H2,21,22,23). The van der Waals surface area contributed by atoms with E-state index in [1.54, 1.807) is 0 Å². The Morgan fingerprint density at radius 2 is 1.75 bits per heavy atom. The average molecular weight is 398 g/mol. The molecule has 2 N–H and O–H groups in total. The van der Waals surface area contributed by atoms with Crippen LogP contribution in [0.15, 0.2) is 69.2 Å². The van der Waals surface area contributed by atoms with E-state index in [0.717, 1.165) is 15.6 Å². The molecule has 0 radical (unpaired) electrons. The number of H-pyrrole nitrogens is 1. The van der Waals surface area contributed by atoms with Gasteiger partial charge in [0, 0.05) is 15.4 Å². The van der Waals surface area contributed by atoms with Crippen molar-refractivity contribution in [2.75, 3.05) is 0 Å². The van der Waals surface area contributed by atoms with Crippen LogP contribution < -0.4 is 5.56 Å². The maximum Gasteiger partial charge on any atom is 0.260 e. The van der Waals surface area contributed by atoms with E-state index in [1.807, 2.05) is 60.0 Å². The van der Waals surface area contributed by atoms with E-state index in [1.165, 1.54) is 11.3 Å². The summed E-state index contributed by atoms with van der Waals surface area (Å²) >= 11 is 4.89. The van der Waals surface area contributed by atoms with E-state index in [-0.39, 0.29) is 11.3 Å². The Kier molecular flexibility index (Phi) is 3.75. The van der Waals surface area contributed by atoms with Crippen molar-refractivity contribution in [1.29, 1.82) is 0 Å². The first-order valence-corrected chi connectivity index (χ1v) is 9.00. The number of aromatic amines is 1. The van der Waals surface area contributed by atoms with Crippen LogP contribution in [0.4, 0.5) is 0 Å². The van der Waals surface area contributed by atoms with Gasteiger partial charge in [0.2, 0.25) is 0 Å². The van der Waals surface area contributed by atoms with Crippen molar-refractivity contribution >= 4 is 37.5 Å². The van der Waals surface area contributed by atoms with Crippen LogP contribution in [0.1, 0.15) is 0 Å². The zero-order chi connectivity index (χ0) is 16.7. The molecule has 0 aliphatic carbocycles. The normalized spacial score (nSPS) is 11.0. The highest BCUT2D eigenvalue weighted by atomic mass is 79.9. The lowest BCUT2D eigenvalue weighted by Gasteiger charge is -2.07. The summed E-state index contributed by atoms with van der Waals surface area (Å²) < 4.78 is 0.964. The molecule has 3 nitrogen and oxygen atoms in total. The van der Waals surface area contributed by atoms with Crippen LogP contribution in [0.25, 0.3) is 32.5 Å². The molecule has 0 atom stereocenters. The minimum absolute atomic E-state index is 0.0242. The molecule has 0 aliphatic rings. The topological polar surface area (TPSA) is 53.1 Å². The molecule has 0 spiro atoms. The first kappa shape index (κ1) is 15.2. The summed E-state index contributed by atoms with van der Waals surface area (Å²) in [6.45, 7) is 0. The second kappa shape index (κ2) is 5.92. The van der Waals surface area contributed by atoms with Crippen molar-refractivity contribution in [2.24, 2.45) is 0 Å². The number of thiophene rings is 1. The number of hydrogen-bond acceptors (Lipinski definition) is 3. The van der Waals surface area contributed by atoms with Crippen LogP contribution in [0.2, 0.25) is 0 Å². The predicted octanol–water partition coefficient (Wildman–Crippen LogP) is 5.39. The molecular formula is C19H12BrNO2S. The first-order chi connectivity index (χ1) is 11.6. The Hall–Kier alpha value is -2.37. The fraction of sp³-hybridized carbons (Fsp3) is 0. The van der Waals surface area contributed by atoms with Gasteiger partial charge < -0.3 is 10.1 Å². The Morgan fingerprint density at radius 1 is 1.00 bits per heavy atom. The predicted molar refractivity (Wildman–Crippen MR) is 103 cm³/mol. The maximum atomic E-state index is 12.4. The Balaban J connectivity index is 2.05. The Morgan fingerprint density at radius 3 is 2.50 bits per heavy atom. The van der Waals surface area contributed by atoms with Gasteiger partial charge in [-0.05, 0) is 23.3 Å². The number of nitrogens with one attached hydrogen (secondary N) is 1. The fourth-order valence-electron chi connectivity index (χ4n) is 2.82. The highest BCUT2D eigenvalue weighted by Crippen LogP contribution is 2.41. The largest absolute Gasteiger partial charge is 0.506 e. The SMILES string of the molecule is O=c1[nH]c2scc(-c3cccc(Br)c3)c2c(O)c1-c1ccccc1. The third-order valence-electron chi connectivity index (χ3n) is 3.92. The molecular weight excluding hydrogens is 386 g/mol. The van der Waals surface area contributed by atoms with Gasteiger partial charge in [0.15, 0.2) is 0 Å². The van der Waals surface area contributed by atoms with Gasteiger partial charge in [0.25, 0.3) is 5.56 Å². The lowest BCUT2D eigenvalue weighted by molar-refractivity contribution is 0.483. The lowest BCUT2D eigenvalue weighted by atomic mass is 10.0. The van der Waals surface area contributed by atoms with E-state index < -0.39 is 0 Å². The molecule has 2 aromatic heterocycles. The highest BCUT2D eigenvalue weighted by Gasteiger charge is 2.18. The van der Waals surface area contributed by atoms with Gasteiger partial charge in [-0.15, -0.1) is 11.3 Å². The van der Waals surface area contributed by atoms with Crippen LogP contribution in [-0.2, 0) is 0 Å². The molecule has 0 saturated heterocycles. The minimum atomic E-state index is -0.283. The molecule has 118 valence electrons. The van der Waals surface area contributed by atoms with Crippen LogP contribution in [-0.4, -0.2) is 10.1 Å². The quantitative estimate of drug-likeness (QED) is 0.476. The molecule has 2 aromatic carbocycles. The van der Waals surface area contributed by atoms with E-state index in [4.69, 9.17) is 0 Å². The molecule has 5 heteroatoms. The molecule has 0 fully saturated rings. The molecule has 2 heterocycles. The van der Waals surface area contributed by atoms with Gasteiger partial charge in [-0.25, -0.2) is 0 Å². The number of benzene rings is 2. The van der Waals surface area contributed by atoms with Crippen molar-refractivity contribution in [3.63, 3.8) is 0 Å². The second-order valence-corrected chi connectivity index (χ2v) is 7.20. The van der Waals surface area contributed by atoms with Gasteiger partial charge >= 0.3 is 0 Å². The summed E-state index contributed by atoms with van der Waals surface area (Å²) in [5, 5.41) is 13.5. The summed E-state index contributed by atoms with van der Waals surface area (Å²) in [5.41, 5.74) is 2.61. The Bertz CT molecular complexity index is 1100. The molecule has 0 bridgehead atoms. The monoisotopic (exact) mass is 397 g/mol. The van der Waals surface area contributed by atoms with Crippen molar-refractivity contribution in [1.82, 2.24) is 4.98 Å². The van der Waals surface area contributed by atoms with Crippen molar-refractivity contribution in [2.45, 2.75) is 0 Å². The highest BCUT2D eigenvalue weighted by molar-refractivity contribution is 9.10. The zero-order valence-electron chi connectivity index (χ0n) is 12.4. The molecule has 4 aromatic rings. The van der Waals surface area contributed by atoms with E-state index in [2.05, 4.69) is 20.9 Å². The van der Waals surface area contributed by atoms with Gasteiger partial charge in [0.05, 0.1) is 10.9 Å². The molecule has 0 aliphatic heterocycles. The first-order valence-electron chi connectivity index (χ1n) is 7.33. The number of fused-ring (bicyclic) bond motifs is 1.